The molecular weight excluding hydrogens is 1000 g/mol. The van der Waals surface area contributed by atoms with Gasteiger partial charge in [-0.2, -0.15) is 0 Å². The summed E-state index contributed by atoms with van der Waals surface area (Å²) < 4.78 is 12.0. The summed E-state index contributed by atoms with van der Waals surface area (Å²) in [6.07, 6.45) is 32.5. The number of esters is 2. The normalized spacial score (nSPS) is 11.8. The minimum Gasteiger partial charge on any atom is -0.459 e. The largest absolute Gasteiger partial charge is 0.459 e. The van der Waals surface area contributed by atoms with Crippen LogP contribution in [0.4, 0.5) is 0 Å². The number of unbranched alkanes of at least 4 members (excludes halogenated alkanes) is 15. The molecule has 0 bridgehead atoms. The van der Waals surface area contributed by atoms with Gasteiger partial charge in [0.05, 0.1) is 11.1 Å². The van der Waals surface area contributed by atoms with Crippen LogP contribution in [0, 0.1) is 0 Å². The maximum Gasteiger partial charge on any atom is 0.338 e. The molecule has 426 valence electrons. The van der Waals surface area contributed by atoms with Crippen LogP contribution in [0.25, 0.3) is 22.3 Å². The number of aryl methyl sites for hydroxylation is 2. The van der Waals surface area contributed by atoms with E-state index in [4.69, 9.17) is 9.47 Å². The summed E-state index contributed by atoms with van der Waals surface area (Å²) in [4.78, 5) is 28.5. The zero-order valence-corrected chi connectivity index (χ0v) is 50.8. The number of rotatable bonds is 39. The van der Waals surface area contributed by atoms with Crippen molar-refractivity contribution < 1.29 is 19.1 Å². The van der Waals surface area contributed by atoms with Crippen molar-refractivity contribution in [1.29, 1.82) is 0 Å². The smallest absolute Gasteiger partial charge is 0.338 e. The van der Waals surface area contributed by atoms with E-state index in [-0.39, 0.29) is 24.1 Å². The molecular formula is C73H98O4S2. The molecule has 79 heavy (non-hydrogen) atoms. The van der Waals surface area contributed by atoms with E-state index in [1.54, 1.807) is 0 Å². The Hall–Kier alpha value is -5.04. The van der Waals surface area contributed by atoms with Crippen LogP contribution in [0.15, 0.2) is 168 Å². The second-order valence-electron chi connectivity index (χ2n) is 21.6. The molecule has 0 saturated carbocycles. The highest BCUT2D eigenvalue weighted by atomic mass is 32.2. The van der Waals surface area contributed by atoms with Gasteiger partial charge >= 0.3 is 11.9 Å². The van der Waals surface area contributed by atoms with E-state index < -0.39 is 0 Å². The highest BCUT2D eigenvalue weighted by molar-refractivity contribution is 7.99. The third kappa shape index (κ3) is 27.3. The third-order valence-electron chi connectivity index (χ3n) is 14.9. The predicted molar refractivity (Wildman–Crippen MR) is 342 cm³/mol. The van der Waals surface area contributed by atoms with Gasteiger partial charge in [-0.1, -0.05) is 246 Å². The lowest BCUT2D eigenvalue weighted by Gasteiger charge is -2.18. The Kier molecular flexibility index (Phi) is 33.6. The number of thioether (sulfide) groups is 2. The van der Waals surface area contributed by atoms with E-state index in [0.717, 1.165) is 88.2 Å². The van der Waals surface area contributed by atoms with E-state index in [1.165, 1.54) is 140 Å². The van der Waals surface area contributed by atoms with Crippen molar-refractivity contribution in [3.8, 4) is 22.3 Å². The molecule has 0 aliphatic rings. The summed E-state index contributed by atoms with van der Waals surface area (Å²) in [6, 6.07) is 54.5. The molecule has 0 spiro atoms. The van der Waals surface area contributed by atoms with E-state index in [1.807, 2.05) is 84.2 Å². The first-order valence-electron chi connectivity index (χ1n) is 31.0. The Balaban J connectivity index is 0.000000291. The number of carbonyl (C=O) groups is 2. The fourth-order valence-corrected chi connectivity index (χ4v) is 11.8. The molecule has 0 radical (unpaired) electrons. The number of hydrogen-bond acceptors (Lipinski definition) is 6. The minimum absolute atomic E-state index is 0.0214. The van der Waals surface area contributed by atoms with Gasteiger partial charge < -0.3 is 9.47 Å². The molecule has 6 aromatic rings. The Labute approximate surface area is 488 Å². The van der Waals surface area contributed by atoms with Crippen LogP contribution in [0.1, 0.15) is 220 Å². The molecule has 6 aromatic carbocycles. The van der Waals surface area contributed by atoms with Crippen molar-refractivity contribution in [2.75, 3.05) is 11.5 Å². The lowest BCUT2D eigenvalue weighted by molar-refractivity contribution is 0.0242. The van der Waals surface area contributed by atoms with E-state index in [0.29, 0.717) is 11.1 Å². The Bertz CT molecular complexity index is 2450. The molecule has 0 aromatic heterocycles. The zero-order chi connectivity index (χ0) is 55.8. The summed E-state index contributed by atoms with van der Waals surface area (Å²) in [5.74, 6) is 1.96. The summed E-state index contributed by atoms with van der Waals surface area (Å²) in [5, 5.41) is 0. The van der Waals surface area contributed by atoms with Crippen LogP contribution < -0.4 is 0 Å². The predicted octanol–water partition coefficient (Wildman–Crippen LogP) is 22.3. The van der Waals surface area contributed by atoms with Crippen molar-refractivity contribution in [3.63, 3.8) is 0 Å². The molecule has 6 heteroatoms. The molecule has 2 unspecified atom stereocenters. The van der Waals surface area contributed by atoms with Crippen molar-refractivity contribution in [3.05, 3.63) is 180 Å². The first kappa shape index (κ1) is 64.8. The second-order valence-corrected chi connectivity index (χ2v) is 23.9. The summed E-state index contributed by atoms with van der Waals surface area (Å²) in [5.41, 5.74) is 8.55. The molecule has 0 heterocycles. The van der Waals surface area contributed by atoms with Crippen molar-refractivity contribution in [2.45, 2.75) is 223 Å². The van der Waals surface area contributed by atoms with E-state index in [2.05, 4.69) is 125 Å². The molecule has 2 atom stereocenters. The average Bonchev–Trinajstić information content (AvgIpc) is 3.50. The van der Waals surface area contributed by atoms with Crippen molar-refractivity contribution in [1.82, 2.24) is 0 Å². The minimum atomic E-state index is -0.209. The molecule has 0 fully saturated rings. The van der Waals surface area contributed by atoms with Gasteiger partial charge in [0, 0.05) is 9.79 Å². The zero-order valence-electron chi connectivity index (χ0n) is 49.1. The van der Waals surface area contributed by atoms with Crippen molar-refractivity contribution in [2.24, 2.45) is 0 Å². The highest BCUT2D eigenvalue weighted by Gasteiger charge is 2.18. The fourth-order valence-electron chi connectivity index (χ4n) is 9.94. The van der Waals surface area contributed by atoms with Crippen LogP contribution in [0.5, 0.6) is 0 Å². The monoisotopic (exact) mass is 1100 g/mol. The molecule has 4 nitrogen and oxygen atoms in total. The molecule has 0 aliphatic carbocycles. The van der Waals surface area contributed by atoms with Crippen LogP contribution in [0.3, 0.4) is 0 Å². The van der Waals surface area contributed by atoms with Gasteiger partial charge in [-0.05, 0) is 158 Å². The Morgan fingerprint density at radius 2 is 0.620 bits per heavy atom. The number of benzene rings is 6. The van der Waals surface area contributed by atoms with E-state index in [9.17, 15) is 9.59 Å². The van der Waals surface area contributed by atoms with Crippen molar-refractivity contribution >= 4 is 35.5 Å². The second kappa shape index (κ2) is 41.0. The van der Waals surface area contributed by atoms with Crippen LogP contribution >= 0.6 is 23.5 Å². The first-order chi connectivity index (χ1) is 38.9. The summed E-state index contributed by atoms with van der Waals surface area (Å²) in [6.45, 7) is 8.91. The Morgan fingerprint density at radius 1 is 0.329 bits per heavy atom. The van der Waals surface area contributed by atoms with Gasteiger partial charge in [0.15, 0.2) is 0 Å². The fraction of sp³-hybridized carbons (Fsp3) is 0.479. The molecule has 0 amide bonds. The lowest BCUT2D eigenvalue weighted by Crippen LogP contribution is -2.18. The van der Waals surface area contributed by atoms with Gasteiger partial charge in [0.1, 0.15) is 12.2 Å². The Morgan fingerprint density at radius 3 is 0.949 bits per heavy atom. The van der Waals surface area contributed by atoms with Gasteiger partial charge in [-0.25, -0.2) is 9.59 Å². The molecule has 0 saturated heterocycles. The molecule has 0 N–H and O–H groups in total. The molecule has 6 rings (SSSR count). The average molecular weight is 1100 g/mol. The van der Waals surface area contributed by atoms with Gasteiger partial charge in [-0.3, -0.25) is 0 Å². The van der Waals surface area contributed by atoms with Gasteiger partial charge in [0.25, 0.3) is 0 Å². The third-order valence-corrected chi connectivity index (χ3v) is 17.1. The lowest BCUT2D eigenvalue weighted by atomic mass is 10.0. The molecule has 0 aliphatic heterocycles. The van der Waals surface area contributed by atoms with Gasteiger partial charge in [-0.15, -0.1) is 23.5 Å². The van der Waals surface area contributed by atoms with Crippen LogP contribution in [-0.4, -0.2) is 35.7 Å². The van der Waals surface area contributed by atoms with Gasteiger partial charge in [0.2, 0.25) is 0 Å². The quantitative estimate of drug-likeness (QED) is 0.0218. The maximum absolute atomic E-state index is 12.9. The number of carbonyl (C=O) groups excluding carboxylic acids is 2. The topological polar surface area (TPSA) is 52.6 Å². The number of ether oxygens (including phenoxy) is 2. The first-order valence-corrected chi connectivity index (χ1v) is 33.0. The summed E-state index contributed by atoms with van der Waals surface area (Å²) in [7, 11) is 0. The van der Waals surface area contributed by atoms with E-state index >= 15 is 0 Å². The van der Waals surface area contributed by atoms with Crippen LogP contribution in [0.2, 0.25) is 0 Å². The highest BCUT2D eigenvalue weighted by Crippen LogP contribution is 2.29. The number of hydrogen-bond donors (Lipinski definition) is 0. The SMILES string of the molecule is CCCCCCCCCCSc1ccc(-c2ccc(C(=O)OC(CCCC)CCCc3ccccc3)cc2)cc1.CCCCCCCCCSc1ccc(-c2ccc(C(=O)OC(CCCC)CCCc3ccccc3)cc2)cc1. The summed E-state index contributed by atoms with van der Waals surface area (Å²) >= 11 is 3.91. The maximum atomic E-state index is 12.9. The van der Waals surface area contributed by atoms with Crippen LogP contribution in [-0.2, 0) is 22.3 Å². The standard InChI is InChI=1S/C37H50O2S.C36H48O2S/c1-3-5-7-8-9-10-11-15-30-40-36-28-26-33(27-29-36)32-22-24-34(25-23-32)37(38)39-35(20-6-4-2)21-16-19-31-17-13-12-14-18-31;1-3-5-7-8-9-10-14-29-39-35-27-25-32(26-28-35)31-21-23-33(24-22-31)36(37)38-34(19-6-4-2)20-15-18-30-16-12-11-13-17-30/h12-14,17-18,22-29,35H,3-11,15-16,19-21,30H2,1-2H3;11-13,16-17,21-28,34H,3-10,14-15,18-20,29H2,1-2H3.